The number of aryl methyl sites for hydroxylation is 1. The Labute approximate surface area is 195 Å². The minimum atomic E-state index is -0.0260. The molecule has 0 N–H and O–H groups in total. The Bertz CT molecular complexity index is 1150. The number of fused-ring (bicyclic) bond motifs is 1. The summed E-state index contributed by atoms with van der Waals surface area (Å²) in [5, 5.41) is 4.90. The molecule has 6 heteroatoms. The number of carbonyl (C=O) groups is 1. The van der Waals surface area contributed by atoms with Gasteiger partial charge in [0.15, 0.2) is 5.69 Å². The maximum atomic E-state index is 14.0. The molecule has 0 bridgehead atoms. The second kappa shape index (κ2) is 9.40. The summed E-state index contributed by atoms with van der Waals surface area (Å²) in [4.78, 5) is 15.9. The second-order valence-corrected chi connectivity index (χ2v) is 8.96. The zero-order valence-electron chi connectivity index (χ0n) is 19.4. The molecule has 1 unspecified atom stereocenters. The second-order valence-electron chi connectivity index (χ2n) is 8.96. The van der Waals surface area contributed by atoms with E-state index in [1.54, 1.807) is 7.11 Å². The van der Waals surface area contributed by atoms with Gasteiger partial charge in [0, 0.05) is 36.5 Å². The number of ether oxygens (including phenoxy) is 2. The van der Waals surface area contributed by atoms with E-state index in [4.69, 9.17) is 14.6 Å². The van der Waals surface area contributed by atoms with Gasteiger partial charge in [0.25, 0.3) is 5.91 Å². The average Bonchev–Trinajstić information content (AvgIpc) is 3.58. The maximum absolute atomic E-state index is 14.0. The van der Waals surface area contributed by atoms with Gasteiger partial charge in [0.1, 0.15) is 5.75 Å². The van der Waals surface area contributed by atoms with Crippen LogP contribution in [0.1, 0.15) is 52.1 Å². The van der Waals surface area contributed by atoms with Crippen LogP contribution in [0.3, 0.4) is 0 Å². The minimum absolute atomic E-state index is 0.0260. The van der Waals surface area contributed by atoms with E-state index in [1.807, 2.05) is 46.0 Å². The van der Waals surface area contributed by atoms with Crippen LogP contribution in [0, 0.1) is 6.92 Å². The fourth-order valence-electron chi connectivity index (χ4n) is 5.05. The van der Waals surface area contributed by atoms with Crippen molar-refractivity contribution in [1.29, 1.82) is 0 Å². The molecule has 1 aliphatic heterocycles. The summed E-state index contributed by atoms with van der Waals surface area (Å²) in [7, 11) is 1.67. The maximum Gasteiger partial charge on any atom is 0.275 e. The highest BCUT2D eigenvalue weighted by atomic mass is 16.5. The number of benzene rings is 2. The third-order valence-electron chi connectivity index (χ3n) is 6.77. The monoisotopic (exact) mass is 445 g/mol. The zero-order valence-corrected chi connectivity index (χ0v) is 19.4. The van der Waals surface area contributed by atoms with Crippen molar-refractivity contribution in [1.82, 2.24) is 14.7 Å². The molecule has 1 saturated heterocycles. The Balaban J connectivity index is 1.51. The summed E-state index contributed by atoms with van der Waals surface area (Å²) in [5.41, 5.74) is 6.03. The number of carbonyl (C=O) groups excluding carboxylic acids is 1. The normalized spacial score (nSPS) is 17.2. The molecule has 3 aromatic rings. The van der Waals surface area contributed by atoms with Crippen LogP contribution in [0.2, 0.25) is 0 Å². The molecule has 6 nitrogen and oxygen atoms in total. The Hall–Kier alpha value is -3.12. The third-order valence-corrected chi connectivity index (χ3v) is 6.77. The van der Waals surface area contributed by atoms with Crippen molar-refractivity contribution < 1.29 is 14.3 Å². The van der Waals surface area contributed by atoms with Crippen molar-refractivity contribution in [2.24, 2.45) is 0 Å². The van der Waals surface area contributed by atoms with Crippen molar-refractivity contribution in [3.05, 3.63) is 76.6 Å². The van der Waals surface area contributed by atoms with Crippen molar-refractivity contribution >= 4 is 5.91 Å². The van der Waals surface area contributed by atoms with Gasteiger partial charge < -0.3 is 14.4 Å². The van der Waals surface area contributed by atoms with Crippen LogP contribution < -0.4 is 4.74 Å². The fraction of sp³-hybridized carbons (Fsp3) is 0.407. The first kappa shape index (κ1) is 21.7. The Morgan fingerprint density at radius 3 is 2.76 bits per heavy atom. The molecule has 2 heterocycles. The van der Waals surface area contributed by atoms with Crippen LogP contribution in [0.5, 0.6) is 5.75 Å². The van der Waals surface area contributed by atoms with Gasteiger partial charge in [0.2, 0.25) is 0 Å². The summed E-state index contributed by atoms with van der Waals surface area (Å²) < 4.78 is 13.5. The first-order chi connectivity index (χ1) is 16.2. The zero-order chi connectivity index (χ0) is 22.8. The number of aromatic nitrogens is 2. The van der Waals surface area contributed by atoms with Crippen LogP contribution in [-0.4, -0.2) is 47.0 Å². The highest BCUT2D eigenvalue weighted by molar-refractivity contribution is 5.94. The first-order valence-electron chi connectivity index (χ1n) is 11.8. The van der Waals surface area contributed by atoms with Crippen molar-refractivity contribution in [2.45, 2.75) is 51.7 Å². The number of rotatable bonds is 7. The summed E-state index contributed by atoms with van der Waals surface area (Å²) >= 11 is 0. The van der Waals surface area contributed by atoms with E-state index in [0.717, 1.165) is 66.8 Å². The van der Waals surface area contributed by atoms with Crippen LogP contribution in [0.15, 0.2) is 48.5 Å². The standard InChI is InChI=1S/C27H31N3O3/c1-19-9-3-5-13-23(19)30-24-14-7-12-22(24)26(28-30)27(31)29(18-21-11-8-16-33-21)17-20-10-4-6-15-25(20)32-2/h3-6,9-10,13,15,21H,7-8,11-12,14,16-18H2,1-2H3. The predicted molar refractivity (Wildman–Crippen MR) is 127 cm³/mol. The van der Waals surface area contributed by atoms with E-state index in [1.165, 1.54) is 5.69 Å². The van der Waals surface area contributed by atoms with E-state index >= 15 is 0 Å². The highest BCUT2D eigenvalue weighted by Crippen LogP contribution is 2.31. The van der Waals surface area contributed by atoms with Crippen molar-refractivity contribution in [2.75, 3.05) is 20.3 Å². The van der Waals surface area contributed by atoms with Crippen LogP contribution in [-0.2, 0) is 24.1 Å². The molecule has 1 atom stereocenters. The molecule has 1 amide bonds. The third kappa shape index (κ3) is 4.27. The number of amides is 1. The Morgan fingerprint density at radius 2 is 1.97 bits per heavy atom. The molecule has 0 spiro atoms. The molecule has 172 valence electrons. The lowest BCUT2D eigenvalue weighted by atomic mass is 10.1. The van der Waals surface area contributed by atoms with Crippen LogP contribution in [0.4, 0.5) is 0 Å². The van der Waals surface area contributed by atoms with Gasteiger partial charge in [-0.1, -0.05) is 36.4 Å². The Morgan fingerprint density at radius 1 is 1.15 bits per heavy atom. The number of methoxy groups -OCH3 is 1. The van der Waals surface area contributed by atoms with Gasteiger partial charge in [0.05, 0.1) is 18.9 Å². The highest BCUT2D eigenvalue weighted by Gasteiger charge is 2.32. The molecule has 0 radical (unpaired) electrons. The van der Waals surface area contributed by atoms with E-state index in [0.29, 0.717) is 18.8 Å². The molecular formula is C27H31N3O3. The largest absolute Gasteiger partial charge is 0.496 e. The lowest BCUT2D eigenvalue weighted by Crippen LogP contribution is -2.37. The molecule has 0 saturated carbocycles. The molecule has 5 rings (SSSR count). The van der Waals surface area contributed by atoms with Crippen molar-refractivity contribution in [3.63, 3.8) is 0 Å². The van der Waals surface area contributed by atoms with E-state index in [-0.39, 0.29) is 12.0 Å². The van der Waals surface area contributed by atoms with Crippen LogP contribution >= 0.6 is 0 Å². The van der Waals surface area contributed by atoms with Gasteiger partial charge in [-0.15, -0.1) is 0 Å². The molecule has 1 aliphatic carbocycles. The SMILES string of the molecule is COc1ccccc1CN(CC1CCCO1)C(=O)c1nn(-c2ccccc2C)c2c1CCC2. The van der Waals surface area contributed by atoms with Gasteiger partial charge in [-0.05, 0) is 56.7 Å². The van der Waals surface area contributed by atoms with Gasteiger partial charge >= 0.3 is 0 Å². The number of hydrogen-bond donors (Lipinski definition) is 0. The summed E-state index contributed by atoms with van der Waals surface area (Å²) in [6.07, 6.45) is 4.98. The molecule has 1 fully saturated rings. The molecule has 33 heavy (non-hydrogen) atoms. The smallest absolute Gasteiger partial charge is 0.275 e. The summed E-state index contributed by atoms with van der Waals surface area (Å²) in [6, 6.07) is 16.1. The van der Waals surface area contributed by atoms with E-state index in [9.17, 15) is 4.79 Å². The number of nitrogens with zero attached hydrogens (tertiary/aromatic N) is 3. The quantitative estimate of drug-likeness (QED) is 0.537. The van der Waals surface area contributed by atoms with E-state index < -0.39 is 0 Å². The molecule has 2 aliphatic rings. The molecule has 1 aromatic heterocycles. The average molecular weight is 446 g/mol. The fourth-order valence-corrected chi connectivity index (χ4v) is 5.05. The predicted octanol–water partition coefficient (Wildman–Crippen LogP) is 4.50. The van der Waals surface area contributed by atoms with Crippen molar-refractivity contribution in [3.8, 4) is 11.4 Å². The Kier molecular flexibility index (Phi) is 6.18. The lowest BCUT2D eigenvalue weighted by molar-refractivity contribution is 0.0500. The molecular weight excluding hydrogens is 414 g/mol. The topological polar surface area (TPSA) is 56.6 Å². The number of para-hydroxylation sites is 2. The van der Waals surface area contributed by atoms with Gasteiger partial charge in [-0.2, -0.15) is 5.10 Å². The minimum Gasteiger partial charge on any atom is -0.496 e. The van der Waals surface area contributed by atoms with E-state index in [2.05, 4.69) is 19.1 Å². The summed E-state index contributed by atoms with van der Waals surface area (Å²) in [6.45, 7) is 3.88. The molecule has 2 aromatic carbocycles. The summed E-state index contributed by atoms with van der Waals surface area (Å²) in [5.74, 6) is 0.764. The van der Waals surface area contributed by atoms with Gasteiger partial charge in [-0.3, -0.25) is 4.79 Å². The number of hydrogen-bond acceptors (Lipinski definition) is 4. The van der Waals surface area contributed by atoms with Crippen LogP contribution in [0.25, 0.3) is 5.69 Å². The lowest BCUT2D eigenvalue weighted by Gasteiger charge is -2.26. The first-order valence-corrected chi connectivity index (χ1v) is 11.8. The van der Waals surface area contributed by atoms with Gasteiger partial charge in [-0.25, -0.2) is 4.68 Å².